The van der Waals surface area contributed by atoms with Gasteiger partial charge < -0.3 is 14.7 Å². The van der Waals surface area contributed by atoms with Crippen LogP contribution in [-0.4, -0.2) is 41.7 Å². The van der Waals surface area contributed by atoms with Crippen molar-refractivity contribution >= 4 is 5.97 Å². The SMILES string of the molecule is CC(C)N(CCCOc1ccccc1C(=O)O)CC1CC1. The number of ether oxygens (including phenoxy) is 1. The molecule has 4 nitrogen and oxygen atoms in total. The highest BCUT2D eigenvalue weighted by Crippen LogP contribution is 2.30. The average molecular weight is 291 g/mol. The molecule has 2 rings (SSSR count). The zero-order valence-electron chi connectivity index (χ0n) is 12.9. The number of para-hydroxylation sites is 1. The van der Waals surface area contributed by atoms with Crippen molar-refractivity contribution < 1.29 is 14.6 Å². The Morgan fingerprint density at radius 2 is 2.10 bits per heavy atom. The molecule has 0 radical (unpaired) electrons. The van der Waals surface area contributed by atoms with E-state index in [4.69, 9.17) is 9.84 Å². The highest BCUT2D eigenvalue weighted by Gasteiger charge is 2.25. The molecule has 0 amide bonds. The summed E-state index contributed by atoms with van der Waals surface area (Å²) in [6.07, 6.45) is 3.65. The molecule has 0 unspecified atom stereocenters. The fraction of sp³-hybridized carbons (Fsp3) is 0.588. The number of hydrogen-bond acceptors (Lipinski definition) is 3. The maximum atomic E-state index is 11.1. The molecule has 1 aromatic carbocycles. The first kappa shape index (κ1) is 15.8. The third-order valence-electron chi connectivity index (χ3n) is 3.88. The molecule has 1 aliphatic rings. The second kappa shape index (κ2) is 7.46. The third kappa shape index (κ3) is 5.05. The number of aromatic carboxylic acids is 1. The Morgan fingerprint density at radius 1 is 1.38 bits per heavy atom. The molecule has 0 aliphatic heterocycles. The number of rotatable bonds is 9. The third-order valence-corrected chi connectivity index (χ3v) is 3.88. The predicted octanol–water partition coefficient (Wildman–Crippen LogP) is 3.27. The van der Waals surface area contributed by atoms with Crippen LogP contribution in [0.15, 0.2) is 24.3 Å². The molecular formula is C17H25NO3. The molecule has 1 aliphatic carbocycles. The van der Waals surface area contributed by atoms with Crippen molar-refractivity contribution in [3.05, 3.63) is 29.8 Å². The Morgan fingerprint density at radius 3 is 2.71 bits per heavy atom. The van der Waals surface area contributed by atoms with Crippen molar-refractivity contribution in [1.29, 1.82) is 0 Å². The van der Waals surface area contributed by atoms with Crippen LogP contribution in [0.25, 0.3) is 0 Å². The minimum absolute atomic E-state index is 0.233. The van der Waals surface area contributed by atoms with E-state index in [1.807, 2.05) is 0 Å². The van der Waals surface area contributed by atoms with E-state index < -0.39 is 5.97 Å². The van der Waals surface area contributed by atoms with Gasteiger partial charge in [-0.15, -0.1) is 0 Å². The lowest BCUT2D eigenvalue weighted by Gasteiger charge is -2.26. The number of hydrogen-bond donors (Lipinski definition) is 1. The van der Waals surface area contributed by atoms with Crippen molar-refractivity contribution in [1.82, 2.24) is 4.90 Å². The zero-order valence-corrected chi connectivity index (χ0v) is 12.9. The van der Waals surface area contributed by atoms with Crippen LogP contribution in [0.5, 0.6) is 5.75 Å². The van der Waals surface area contributed by atoms with Crippen molar-refractivity contribution in [2.24, 2.45) is 5.92 Å². The quantitative estimate of drug-likeness (QED) is 0.709. The minimum atomic E-state index is -0.942. The van der Waals surface area contributed by atoms with E-state index in [9.17, 15) is 4.79 Å². The molecule has 0 bridgehead atoms. The van der Waals surface area contributed by atoms with Gasteiger partial charge in [0.1, 0.15) is 11.3 Å². The van der Waals surface area contributed by atoms with Crippen LogP contribution in [0, 0.1) is 5.92 Å². The molecular weight excluding hydrogens is 266 g/mol. The lowest BCUT2D eigenvalue weighted by Crippen LogP contribution is -2.34. The first-order valence-electron chi connectivity index (χ1n) is 7.77. The molecule has 1 fully saturated rings. The fourth-order valence-corrected chi connectivity index (χ4v) is 2.41. The van der Waals surface area contributed by atoms with Crippen molar-refractivity contribution in [3.63, 3.8) is 0 Å². The highest BCUT2D eigenvalue weighted by atomic mass is 16.5. The van der Waals surface area contributed by atoms with Crippen LogP contribution in [0.1, 0.15) is 43.5 Å². The van der Waals surface area contributed by atoms with Gasteiger partial charge in [-0.25, -0.2) is 4.79 Å². The van der Waals surface area contributed by atoms with Crippen molar-refractivity contribution in [2.45, 2.75) is 39.2 Å². The van der Waals surface area contributed by atoms with Crippen molar-refractivity contribution in [2.75, 3.05) is 19.7 Å². The van der Waals surface area contributed by atoms with Gasteiger partial charge >= 0.3 is 5.97 Å². The van der Waals surface area contributed by atoms with E-state index in [2.05, 4.69) is 18.7 Å². The summed E-state index contributed by atoms with van der Waals surface area (Å²) in [5.74, 6) is 0.410. The maximum absolute atomic E-state index is 11.1. The zero-order chi connectivity index (χ0) is 15.2. The number of carboxylic acids is 1. The van der Waals surface area contributed by atoms with Crippen LogP contribution in [-0.2, 0) is 0 Å². The molecule has 116 valence electrons. The standard InChI is InChI=1S/C17H25NO3/c1-13(2)18(12-14-8-9-14)10-5-11-21-16-7-4-3-6-15(16)17(19)20/h3-4,6-7,13-14H,5,8-12H2,1-2H3,(H,19,20). The fourth-order valence-electron chi connectivity index (χ4n) is 2.41. The van der Waals surface area contributed by atoms with E-state index in [0.717, 1.165) is 18.9 Å². The van der Waals surface area contributed by atoms with Gasteiger partial charge in [-0.3, -0.25) is 0 Å². The van der Waals surface area contributed by atoms with E-state index in [1.54, 1.807) is 24.3 Å². The lowest BCUT2D eigenvalue weighted by molar-refractivity contribution is 0.0692. The number of carbonyl (C=O) groups is 1. The van der Waals surface area contributed by atoms with Crippen LogP contribution < -0.4 is 4.74 Å². The highest BCUT2D eigenvalue weighted by molar-refractivity contribution is 5.90. The Bertz CT molecular complexity index is 469. The normalized spacial score (nSPS) is 14.7. The smallest absolute Gasteiger partial charge is 0.339 e. The van der Waals surface area contributed by atoms with Gasteiger partial charge in [0.25, 0.3) is 0 Å². The van der Waals surface area contributed by atoms with Crippen molar-refractivity contribution in [3.8, 4) is 5.75 Å². The Balaban J connectivity index is 1.77. The summed E-state index contributed by atoms with van der Waals surface area (Å²) in [6.45, 7) is 7.19. The molecule has 0 spiro atoms. The van der Waals surface area contributed by atoms with Crippen LogP contribution in [0.2, 0.25) is 0 Å². The predicted molar refractivity (Wildman–Crippen MR) is 82.9 cm³/mol. The number of benzene rings is 1. The number of nitrogens with zero attached hydrogens (tertiary/aromatic N) is 1. The molecule has 0 atom stereocenters. The van der Waals surface area contributed by atoms with Gasteiger partial charge in [0.05, 0.1) is 6.61 Å². The summed E-state index contributed by atoms with van der Waals surface area (Å²) in [4.78, 5) is 13.6. The van der Waals surface area contributed by atoms with Crippen LogP contribution >= 0.6 is 0 Å². The van der Waals surface area contributed by atoms with Gasteiger partial charge in [-0.05, 0) is 51.2 Å². The summed E-state index contributed by atoms with van der Waals surface area (Å²) >= 11 is 0. The van der Waals surface area contributed by atoms with Gasteiger partial charge in [-0.2, -0.15) is 0 Å². The first-order chi connectivity index (χ1) is 10.1. The van der Waals surface area contributed by atoms with E-state index in [-0.39, 0.29) is 5.56 Å². The second-order valence-corrected chi connectivity index (χ2v) is 6.04. The number of carboxylic acid groups (broad SMARTS) is 1. The summed E-state index contributed by atoms with van der Waals surface area (Å²) in [6, 6.07) is 7.36. The average Bonchev–Trinajstić information content (AvgIpc) is 3.26. The molecule has 0 heterocycles. The Hall–Kier alpha value is -1.55. The monoisotopic (exact) mass is 291 g/mol. The minimum Gasteiger partial charge on any atom is -0.493 e. The first-order valence-corrected chi connectivity index (χ1v) is 7.77. The summed E-state index contributed by atoms with van der Waals surface area (Å²) in [7, 11) is 0. The molecule has 1 aromatic rings. The Kier molecular flexibility index (Phi) is 5.62. The largest absolute Gasteiger partial charge is 0.493 e. The second-order valence-electron chi connectivity index (χ2n) is 6.04. The van der Waals surface area contributed by atoms with Crippen LogP contribution in [0.3, 0.4) is 0 Å². The molecule has 4 heteroatoms. The van der Waals surface area contributed by atoms with E-state index in [1.165, 1.54) is 19.4 Å². The van der Waals surface area contributed by atoms with E-state index >= 15 is 0 Å². The lowest BCUT2D eigenvalue weighted by atomic mass is 10.2. The van der Waals surface area contributed by atoms with Crippen LogP contribution in [0.4, 0.5) is 0 Å². The summed E-state index contributed by atoms with van der Waals surface area (Å²) in [5.41, 5.74) is 0.233. The molecule has 21 heavy (non-hydrogen) atoms. The summed E-state index contributed by atoms with van der Waals surface area (Å²) in [5, 5.41) is 9.10. The Labute approximate surface area is 126 Å². The topological polar surface area (TPSA) is 49.8 Å². The van der Waals surface area contributed by atoms with Gasteiger partial charge in [0, 0.05) is 19.1 Å². The summed E-state index contributed by atoms with van der Waals surface area (Å²) < 4.78 is 5.64. The van der Waals surface area contributed by atoms with Gasteiger partial charge in [-0.1, -0.05) is 12.1 Å². The molecule has 1 saturated carbocycles. The van der Waals surface area contributed by atoms with Gasteiger partial charge in [0.15, 0.2) is 0 Å². The van der Waals surface area contributed by atoms with E-state index in [0.29, 0.717) is 18.4 Å². The maximum Gasteiger partial charge on any atom is 0.339 e. The molecule has 1 N–H and O–H groups in total. The molecule has 0 aromatic heterocycles. The van der Waals surface area contributed by atoms with Gasteiger partial charge in [0.2, 0.25) is 0 Å². The molecule has 0 saturated heterocycles.